The largest absolute Gasteiger partial charge is 0.329 e. The number of hydrogen-bond donors (Lipinski definition) is 1. The van der Waals surface area contributed by atoms with E-state index >= 15 is 0 Å². The zero-order chi connectivity index (χ0) is 15.5. The average Bonchev–Trinajstić information content (AvgIpc) is 2.49. The Hall–Kier alpha value is -1.05. The molecule has 0 saturated heterocycles. The summed E-state index contributed by atoms with van der Waals surface area (Å²) in [6.07, 6.45) is 5.68. The van der Waals surface area contributed by atoms with E-state index in [0.29, 0.717) is 12.8 Å². The number of sulfonamides is 1. The number of aromatic nitrogens is 1. The van der Waals surface area contributed by atoms with Crippen LogP contribution in [0.5, 0.6) is 0 Å². The van der Waals surface area contributed by atoms with E-state index < -0.39 is 26.4 Å². The topological polar surface area (TPSA) is 76.3 Å². The van der Waals surface area contributed by atoms with Crippen molar-refractivity contribution in [1.82, 2.24) is 9.29 Å². The first-order chi connectivity index (χ1) is 9.98. The van der Waals surface area contributed by atoms with Gasteiger partial charge in [0, 0.05) is 24.8 Å². The van der Waals surface area contributed by atoms with Crippen molar-refractivity contribution < 1.29 is 12.8 Å². The summed E-state index contributed by atoms with van der Waals surface area (Å²) in [6, 6.07) is 2.49. The van der Waals surface area contributed by atoms with Crippen LogP contribution in [-0.2, 0) is 10.0 Å². The second-order valence-corrected chi connectivity index (χ2v) is 7.23. The Labute approximate surface area is 125 Å². The second-order valence-electron chi connectivity index (χ2n) is 5.45. The molecule has 1 heterocycles. The van der Waals surface area contributed by atoms with E-state index in [1.165, 1.54) is 16.6 Å². The Bertz CT molecular complexity index is 586. The zero-order valence-electron chi connectivity index (χ0n) is 12.3. The molecule has 0 aliphatic heterocycles. The lowest BCUT2D eigenvalue weighted by atomic mass is 9.81. The van der Waals surface area contributed by atoms with Crippen LogP contribution in [0.25, 0.3) is 0 Å². The van der Waals surface area contributed by atoms with E-state index in [9.17, 15) is 12.8 Å². The van der Waals surface area contributed by atoms with Crippen molar-refractivity contribution in [2.24, 2.45) is 5.73 Å². The lowest BCUT2D eigenvalue weighted by Gasteiger charge is -2.44. The first-order valence-electron chi connectivity index (χ1n) is 7.31. The molecule has 0 aromatic carbocycles. The summed E-state index contributed by atoms with van der Waals surface area (Å²) in [6.45, 7) is 2.26. The highest BCUT2D eigenvalue weighted by molar-refractivity contribution is 7.89. The van der Waals surface area contributed by atoms with Crippen LogP contribution in [0.2, 0.25) is 0 Å². The Kier molecular flexibility index (Phi) is 4.95. The minimum absolute atomic E-state index is 0.245. The molecule has 1 aromatic rings. The van der Waals surface area contributed by atoms with Gasteiger partial charge in [0.15, 0.2) is 5.82 Å². The molecule has 0 atom stereocenters. The fourth-order valence-electron chi connectivity index (χ4n) is 3.19. The molecule has 7 heteroatoms. The number of halogens is 1. The fraction of sp³-hybridized carbons (Fsp3) is 0.643. The van der Waals surface area contributed by atoms with Gasteiger partial charge in [-0.2, -0.15) is 4.31 Å². The lowest BCUT2D eigenvalue weighted by molar-refractivity contribution is 0.140. The predicted molar refractivity (Wildman–Crippen MR) is 78.6 cm³/mol. The first-order valence-corrected chi connectivity index (χ1v) is 8.75. The Morgan fingerprint density at radius 2 is 2.05 bits per heavy atom. The van der Waals surface area contributed by atoms with Crippen molar-refractivity contribution in [3.63, 3.8) is 0 Å². The molecule has 0 bridgehead atoms. The van der Waals surface area contributed by atoms with Gasteiger partial charge in [0.2, 0.25) is 5.03 Å². The molecule has 1 aliphatic carbocycles. The molecule has 1 aliphatic rings. The van der Waals surface area contributed by atoms with Crippen molar-refractivity contribution in [3.05, 3.63) is 24.1 Å². The summed E-state index contributed by atoms with van der Waals surface area (Å²) < 4.78 is 40.9. The van der Waals surface area contributed by atoms with Gasteiger partial charge in [0.05, 0.1) is 0 Å². The Balaban J connectivity index is 2.47. The molecule has 0 unspecified atom stereocenters. The highest BCUT2D eigenvalue weighted by Gasteiger charge is 2.44. The van der Waals surface area contributed by atoms with E-state index in [1.807, 2.05) is 0 Å². The van der Waals surface area contributed by atoms with Crippen LogP contribution < -0.4 is 5.73 Å². The van der Waals surface area contributed by atoms with Crippen LogP contribution in [0, 0.1) is 5.82 Å². The standard InChI is InChI=1S/C14H22FN3O2S/c1-2-18(14(11-16)8-4-3-5-9-14)21(19,20)13-12(15)7-6-10-17-13/h6-7,10H,2-5,8-9,11,16H2,1H3. The number of rotatable bonds is 5. The summed E-state index contributed by atoms with van der Waals surface area (Å²) in [5.41, 5.74) is 5.29. The lowest BCUT2D eigenvalue weighted by Crippen LogP contribution is -2.57. The molecule has 2 N–H and O–H groups in total. The normalized spacial score (nSPS) is 18.9. The monoisotopic (exact) mass is 315 g/mol. The maximum absolute atomic E-state index is 13.9. The number of nitrogens with zero attached hydrogens (tertiary/aromatic N) is 2. The van der Waals surface area contributed by atoms with E-state index in [-0.39, 0.29) is 13.1 Å². The summed E-state index contributed by atoms with van der Waals surface area (Å²) in [5.74, 6) is -0.820. The second kappa shape index (κ2) is 6.37. The molecule has 2 rings (SSSR count). The smallest absolute Gasteiger partial charge is 0.264 e. The van der Waals surface area contributed by atoms with Crippen LogP contribution in [0.1, 0.15) is 39.0 Å². The molecule has 1 fully saturated rings. The molecule has 0 amide bonds. The Morgan fingerprint density at radius 3 is 2.57 bits per heavy atom. The van der Waals surface area contributed by atoms with Crippen molar-refractivity contribution in [3.8, 4) is 0 Å². The van der Waals surface area contributed by atoms with Crippen LogP contribution in [0.3, 0.4) is 0 Å². The summed E-state index contributed by atoms with van der Waals surface area (Å²) >= 11 is 0. The third kappa shape index (κ3) is 2.95. The number of hydrogen-bond acceptors (Lipinski definition) is 4. The minimum atomic E-state index is -3.98. The maximum atomic E-state index is 13.9. The number of nitrogens with two attached hydrogens (primary N) is 1. The van der Waals surface area contributed by atoms with Gasteiger partial charge in [0.1, 0.15) is 0 Å². The van der Waals surface area contributed by atoms with Crippen LogP contribution >= 0.6 is 0 Å². The highest BCUT2D eigenvalue weighted by atomic mass is 32.2. The summed E-state index contributed by atoms with van der Waals surface area (Å²) in [4.78, 5) is 3.73. The number of pyridine rings is 1. The van der Waals surface area contributed by atoms with E-state index in [0.717, 1.165) is 25.3 Å². The summed E-state index contributed by atoms with van der Waals surface area (Å²) in [5, 5.41) is -0.509. The van der Waals surface area contributed by atoms with Gasteiger partial charge >= 0.3 is 0 Å². The van der Waals surface area contributed by atoms with E-state index in [4.69, 9.17) is 5.73 Å². The van der Waals surface area contributed by atoms with Crippen LogP contribution in [0.4, 0.5) is 4.39 Å². The van der Waals surface area contributed by atoms with Gasteiger partial charge in [-0.25, -0.2) is 17.8 Å². The van der Waals surface area contributed by atoms with Crippen molar-refractivity contribution in [2.75, 3.05) is 13.1 Å². The van der Waals surface area contributed by atoms with Gasteiger partial charge in [-0.05, 0) is 25.0 Å². The molecular formula is C14H22FN3O2S. The van der Waals surface area contributed by atoms with E-state index in [1.54, 1.807) is 6.92 Å². The van der Waals surface area contributed by atoms with Gasteiger partial charge in [-0.15, -0.1) is 0 Å². The third-order valence-corrected chi connectivity index (χ3v) is 6.25. The highest BCUT2D eigenvalue weighted by Crippen LogP contribution is 2.36. The first kappa shape index (κ1) is 16.3. The molecule has 118 valence electrons. The SMILES string of the molecule is CCN(C1(CN)CCCCC1)S(=O)(=O)c1ncccc1F. The molecule has 0 radical (unpaired) electrons. The van der Waals surface area contributed by atoms with Gasteiger partial charge in [-0.1, -0.05) is 26.2 Å². The zero-order valence-corrected chi connectivity index (χ0v) is 13.1. The third-order valence-electron chi connectivity index (χ3n) is 4.24. The van der Waals surface area contributed by atoms with Gasteiger partial charge < -0.3 is 5.73 Å². The van der Waals surface area contributed by atoms with Crippen molar-refractivity contribution in [2.45, 2.75) is 49.6 Å². The van der Waals surface area contributed by atoms with Gasteiger partial charge in [-0.3, -0.25) is 0 Å². The molecule has 1 aromatic heterocycles. The number of likely N-dealkylation sites (N-methyl/N-ethyl adjacent to an activating group) is 1. The Morgan fingerprint density at radius 1 is 1.38 bits per heavy atom. The van der Waals surface area contributed by atoms with Crippen molar-refractivity contribution in [1.29, 1.82) is 0 Å². The predicted octanol–water partition coefficient (Wildman–Crippen LogP) is 1.89. The molecule has 0 spiro atoms. The van der Waals surface area contributed by atoms with Gasteiger partial charge in [0.25, 0.3) is 10.0 Å². The fourth-order valence-corrected chi connectivity index (χ4v) is 5.02. The molecule has 5 nitrogen and oxygen atoms in total. The average molecular weight is 315 g/mol. The summed E-state index contributed by atoms with van der Waals surface area (Å²) in [7, 11) is -3.98. The molecule has 21 heavy (non-hydrogen) atoms. The quantitative estimate of drug-likeness (QED) is 0.900. The maximum Gasteiger partial charge on any atom is 0.264 e. The van der Waals surface area contributed by atoms with E-state index in [2.05, 4.69) is 4.98 Å². The van der Waals surface area contributed by atoms with Crippen molar-refractivity contribution >= 4 is 10.0 Å². The minimum Gasteiger partial charge on any atom is -0.329 e. The van der Waals surface area contributed by atoms with Crippen LogP contribution in [0.15, 0.2) is 23.4 Å². The molecule has 1 saturated carbocycles. The molecular weight excluding hydrogens is 293 g/mol. The van der Waals surface area contributed by atoms with Crippen LogP contribution in [-0.4, -0.2) is 36.3 Å².